The van der Waals surface area contributed by atoms with Gasteiger partial charge < -0.3 is 15.0 Å². The zero-order valence-electron chi connectivity index (χ0n) is 25.7. The number of allylic oxidation sites excluding steroid dienone is 2. The quantitative estimate of drug-likeness (QED) is 0.0660. The van der Waals surface area contributed by atoms with E-state index >= 15 is 0 Å². The van der Waals surface area contributed by atoms with Crippen molar-refractivity contribution in [1.29, 1.82) is 10.5 Å². The lowest BCUT2D eigenvalue weighted by atomic mass is 10.0. The van der Waals surface area contributed by atoms with E-state index in [-0.39, 0.29) is 20.3 Å². The van der Waals surface area contributed by atoms with Crippen LogP contribution in [-0.4, -0.2) is 24.7 Å². The van der Waals surface area contributed by atoms with Crippen LogP contribution < -0.4 is 10.2 Å². The Morgan fingerprint density at radius 3 is 2.34 bits per heavy atom. The maximum absolute atomic E-state index is 12.4. The van der Waals surface area contributed by atoms with E-state index in [0.29, 0.717) is 17.8 Å². The molecule has 0 radical (unpaired) electrons. The molecule has 0 fully saturated rings. The first-order valence-electron chi connectivity index (χ1n) is 14.4. The number of hydrogen-bond acceptors (Lipinski definition) is 6. The molecule has 0 saturated carbocycles. The zero-order chi connectivity index (χ0) is 30.6. The SMILES string of the molecule is C/C=C\C(=N/C(C)N(COC(=O)CCCCCC)c1ccc(C#N)cc1)Nc1c(C)cc(/C=C/C#N)cc1C.CC.[HH]. The normalized spacial score (nSPS) is 11.8. The third-order valence-corrected chi connectivity index (χ3v) is 6.19. The van der Waals surface area contributed by atoms with Gasteiger partial charge in [-0.05, 0) is 99.4 Å². The molecule has 2 rings (SSSR count). The van der Waals surface area contributed by atoms with Crippen LogP contribution >= 0.6 is 0 Å². The molecular formula is C34H47N5O2. The molecule has 0 heterocycles. The highest BCUT2D eigenvalue weighted by atomic mass is 16.5. The van der Waals surface area contributed by atoms with Gasteiger partial charge >= 0.3 is 5.97 Å². The highest BCUT2D eigenvalue weighted by molar-refractivity contribution is 6.04. The molecule has 1 N–H and O–H groups in total. The number of benzene rings is 2. The van der Waals surface area contributed by atoms with Crippen LogP contribution in [0.4, 0.5) is 11.4 Å². The van der Waals surface area contributed by atoms with Gasteiger partial charge in [-0.25, -0.2) is 4.99 Å². The van der Waals surface area contributed by atoms with E-state index in [9.17, 15) is 10.1 Å². The van der Waals surface area contributed by atoms with Crippen molar-refractivity contribution < 1.29 is 11.0 Å². The highest BCUT2D eigenvalue weighted by Crippen LogP contribution is 2.24. The van der Waals surface area contributed by atoms with E-state index in [1.54, 1.807) is 18.2 Å². The van der Waals surface area contributed by atoms with Gasteiger partial charge in [0.1, 0.15) is 12.0 Å². The summed E-state index contributed by atoms with van der Waals surface area (Å²) in [4.78, 5) is 19.3. The van der Waals surface area contributed by atoms with Crippen molar-refractivity contribution in [3.63, 3.8) is 0 Å². The molecule has 0 bridgehead atoms. The van der Waals surface area contributed by atoms with Gasteiger partial charge in [0, 0.05) is 25.3 Å². The number of carbonyl (C=O) groups is 1. The van der Waals surface area contributed by atoms with Crippen LogP contribution in [0.1, 0.15) is 90.4 Å². The standard InChI is InChI=1S/C32H39N5O2.C2H6.H2/c1-6-8-9-10-14-31(38)39-23-37(29-17-15-27(22-34)16-18-29)26(5)35-30(12-7-2)36-32-24(3)20-28(13-11-19-33)21-25(32)4;1-2;/h7,11-13,15-18,20-21,26H,6,8-10,14,23H2,1-5H3,(H,35,36);1-2H3;1H/b12-7-,13-11+;;. The summed E-state index contributed by atoms with van der Waals surface area (Å²) in [6, 6.07) is 15.4. The summed E-state index contributed by atoms with van der Waals surface area (Å²) in [6.45, 7) is 14.1. The first-order valence-corrected chi connectivity index (χ1v) is 14.4. The Bertz CT molecular complexity index is 1250. The van der Waals surface area contributed by atoms with Crippen LogP contribution in [0.2, 0.25) is 0 Å². The first-order chi connectivity index (χ1) is 19.8. The van der Waals surface area contributed by atoms with Crippen molar-refractivity contribution >= 4 is 29.3 Å². The van der Waals surface area contributed by atoms with Gasteiger partial charge in [0.15, 0.2) is 6.73 Å². The predicted octanol–water partition coefficient (Wildman–Crippen LogP) is 8.69. The number of rotatable bonds is 13. The number of hydrogen-bond donors (Lipinski definition) is 1. The number of esters is 1. The van der Waals surface area contributed by atoms with E-state index in [1.165, 1.54) is 6.08 Å². The first kappa shape index (κ1) is 34.7. The smallest absolute Gasteiger partial charge is 0.307 e. The number of unbranched alkanes of at least 4 members (excludes halogenated alkanes) is 3. The van der Waals surface area contributed by atoms with Crippen LogP contribution in [0.5, 0.6) is 0 Å². The molecule has 41 heavy (non-hydrogen) atoms. The van der Waals surface area contributed by atoms with Crippen LogP contribution in [0, 0.1) is 36.5 Å². The number of nitrogens with one attached hydrogen (secondary N) is 1. The van der Waals surface area contributed by atoms with Gasteiger partial charge in [-0.15, -0.1) is 0 Å². The number of amidine groups is 1. The second-order valence-corrected chi connectivity index (χ2v) is 9.35. The molecule has 0 aliphatic rings. The monoisotopic (exact) mass is 557 g/mol. The molecule has 7 nitrogen and oxygen atoms in total. The minimum absolute atomic E-state index is 0. The summed E-state index contributed by atoms with van der Waals surface area (Å²) in [5.74, 6) is 0.422. The number of nitrogens with zero attached hydrogens (tertiary/aromatic N) is 4. The van der Waals surface area contributed by atoms with E-state index in [2.05, 4.69) is 18.3 Å². The molecule has 0 aliphatic carbocycles. The Balaban J connectivity index is 0.00000548. The van der Waals surface area contributed by atoms with Crippen molar-refractivity contribution in [1.82, 2.24) is 0 Å². The lowest BCUT2D eigenvalue weighted by molar-refractivity contribution is -0.143. The molecule has 0 amide bonds. The molecule has 0 aliphatic heterocycles. The van der Waals surface area contributed by atoms with Gasteiger partial charge in [-0.1, -0.05) is 46.1 Å². The fourth-order valence-electron chi connectivity index (χ4n) is 4.13. The lowest BCUT2D eigenvalue weighted by Crippen LogP contribution is -2.36. The van der Waals surface area contributed by atoms with Gasteiger partial charge in [-0.3, -0.25) is 4.79 Å². The van der Waals surface area contributed by atoms with Crippen molar-refractivity contribution in [2.24, 2.45) is 4.99 Å². The second-order valence-electron chi connectivity index (χ2n) is 9.35. The summed E-state index contributed by atoms with van der Waals surface area (Å²) in [6.07, 6.45) is 11.1. The molecule has 2 aromatic carbocycles. The molecule has 2 aromatic rings. The zero-order valence-corrected chi connectivity index (χ0v) is 25.7. The third-order valence-electron chi connectivity index (χ3n) is 6.19. The van der Waals surface area contributed by atoms with Crippen LogP contribution in [-0.2, 0) is 9.53 Å². The summed E-state index contributed by atoms with van der Waals surface area (Å²) in [7, 11) is 0. The van der Waals surface area contributed by atoms with Crippen LogP contribution in [0.3, 0.4) is 0 Å². The molecule has 1 atom stereocenters. The minimum atomic E-state index is -0.386. The van der Waals surface area contributed by atoms with Gasteiger partial charge in [0.05, 0.1) is 17.7 Å². The average Bonchev–Trinajstić information content (AvgIpc) is 2.97. The number of carbonyl (C=O) groups excluding carboxylic acids is 1. The highest BCUT2D eigenvalue weighted by Gasteiger charge is 2.17. The summed E-state index contributed by atoms with van der Waals surface area (Å²) < 4.78 is 5.64. The average molecular weight is 558 g/mol. The molecule has 7 heteroatoms. The minimum Gasteiger partial charge on any atom is -0.444 e. The van der Waals surface area contributed by atoms with Crippen molar-refractivity contribution in [2.75, 3.05) is 16.9 Å². The Labute approximate surface area is 248 Å². The summed E-state index contributed by atoms with van der Waals surface area (Å²) in [5, 5.41) is 21.5. The van der Waals surface area contributed by atoms with Crippen molar-refractivity contribution in [3.05, 3.63) is 76.9 Å². The Morgan fingerprint density at radius 2 is 1.78 bits per heavy atom. The van der Waals surface area contributed by atoms with Crippen molar-refractivity contribution in [2.45, 2.75) is 86.7 Å². The lowest BCUT2D eigenvalue weighted by Gasteiger charge is -2.29. The topological polar surface area (TPSA) is 102 Å². The molecule has 1 unspecified atom stereocenters. The molecule has 220 valence electrons. The molecule has 0 saturated heterocycles. The fourth-order valence-corrected chi connectivity index (χ4v) is 4.13. The van der Waals surface area contributed by atoms with Gasteiger partial charge in [0.25, 0.3) is 0 Å². The summed E-state index contributed by atoms with van der Waals surface area (Å²) >= 11 is 0. The maximum Gasteiger partial charge on any atom is 0.307 e. The molecule has 0 spiro atoms. The number of aryl methyl sites for hydroxylation is 2. The largest absolute Gasteiger partial charge is 0.444 e. The number of nitriles is 2. The van der Waals surface area contributed by atoms with E-state index < -0.39 is 0 Å². The molecular weight excluding hydrogens is 510 g/mol. The predicted molar refractivity (Wildman–Crippen MR) is 173 cm³/mol. The van der Waals surface area contributed by atoms with E-state index in [1.807, 2.05) is 88.9 Å². The second kappa shape index (κ2) is 19.7. The van der Waals surface area contributed by atoms with Gasteiger partial charge in [-0.2, -0.15) is 10.5 Å². The Hall–Kier alpha value is -4.36. The number of anilines is 2. The van der Waals surface area contributed by atoms with Crippen molar-refractivity contribution in [3.8, 4) is 12.1 Å². The molecule has 0 aromatic heterocycles. The van der Waals surface area contributed by atoms with Gasteiger partial charge in [0.2, 0.25) is 0 Å². The number of aliphatic imine (C=N–C) groups is 1. The summed E-state index contributed by atoms with van der Waals surface area (Å²) in [5.41, 5.74) is 5.30. The fraction of sp³-hybridized carbons (Fsp3) is 0.412. The maximum atomic E-state index is 12.4. The van der Waals surface area contributed by atoms with E-state index in [4.69, 9.17) is 15.0 Å². The Morgan fingerprint density at radius 1 is 1.12 bits per heavy atom. The van der Waals surface area contributed by atoms with E-state index in [0.717, 1.165) is 53.7 Å². The Kier molecular flexibility index (Phi) is 16.6. The third kappa shape index (κ3) is 12.1. The van der Waals surface area contributed by atoms with Crippen LogP contribution in [0.15, 0.2) is 59.6 Å². The number of ether oxygens (including phenoxy) is 1. The van der Waals surface area contributed by atoms with Crippen LogP contribution in [0.25, 0.3) is 6.08 Å².